The summed E-state index contributed by atoms with van der Waals surface area (Å²) in [4.78, 5) is 4.64. The van der Waals surface area contributed by atoms with Crippen LogP contribution < -0.4 is 9.80 Å². The van der Waals surface area contributed by atoms with Crippen molar-refractivity contribution in [2.24, 2.45) is 0 Å². The van der Waals surface area contributed by atoms with Crippen LogP contribution in [0.25, 0.3) is 126 Å². The number of nitrogens with zero attached hydrogens (tertiary/aromatic N) is 3. The molecule has 5 aromatic heterocycles. The lowest BCUT2D eigenvalue weighted by molar-refractivity contribution is 0.668. The molecule has 5 heterocycles. The second-order valence-corrected chi connectivity index (χ2v) is 21.0. The molecule has 0 bridgehead atoms. The van der Waals surface area contributed by atoms with Crippen LogP contribution in [0.3, 0.4) is 0 Å². The summed E-state index contributed by atoms with van der Waals surface area (Å²) in [5.41, 5.74) is 19.7. The predicted molar refractivity (Wildman–Crippen MR) is 325 cm³/mol. The summed E-state index contributed by atoms with van der Waals surface area (Å²) in [6.45, 7) is 4.26. The van der Waals surface area contributed by atoms with E-state index in [0.29, 0.717) is 0 Å². The minimum absolute atomic E-state index is 0.827. The first-order valence-corrected chi connectivity index (χ1v) is 26.6. The second kappa shape index (κ2) is 16.1. The Balaban J connectivity index is 0.866. The van der Waals surface area contributed by atoms with Crippen molar-refractivity contribution >= 4 is 149 Å². The molecule has 0 spiro atoms. The van der Waals surface area contributed by atoms with Crippen molar-refractivity contribution in [1.82, 2.24) is 4.40 Å². The highest BCUT2D eigenvalue weighted by atomic mass is 16.3. The Morgan fingerprint density at radius 2 is 0.718 bits per heavy atom. The number of hydrogen-bond acceptors (Lipinski definition) is 5. The zero-order valence-corrected chi connectivity index (χ0v) is 42.6. The van der Waals surface area contributed by atoms with Gasteiger partial charge in [0.05, 0.1) is 16.6 Å². The van der Waals surface area contributed by atoms with Crippen molar-refractivity contribution in [3.63, 3.8) is 0 Å². The lowest BCUT2D eigenvalue weighted by Gasteiger charge is -2.25. The van der Waals surface area contributed by atoms with Gasteiger partial charge in [0.1, 0.15) is 33.5 Å². The number of aryl methyl sites for hydroxylation is 2. The first-order chi connectivity index (χ1) is 38.5. The molecule has 6 nitrogen and oxygen atoms in total. The molecule has 0 N–H and O–H groups in total. The van der Waals surface area contributed by atoms with Crippen LogP contribution in [0.5, 0.6) is 0 Å². The Bertz CT molecular complexity index is 5290. The summed E-state index contributed by atoms with van der Waals surface area (Å²) in [6, 6.07) is 85.4. The maximum absolute atomic E-state index is 7.13. The predicted octanol–water partition coefficient (Wildman–Crippen LogP) is 20.9. The molecular weight excluding hydrogens is 955 g/mol. The third kappa shape index (κ3) is 6.25. The smallest absolute Gasteiger partial charge is 0.143 e. The largest absolute Gasteiger partial charge is 0.456 e. The first-order valence-electron chi connectivity index (χ1n) is 26.6. The van der Waals surface area contributed by atoms with E-state index in [1.807, 2.05) is 24.3 Å². The number of benzene rings is 12. The van der Waals surface area contributed by atoms with Crippen LogP contribution >= 0.6 is 0 Å². The Morgan fingerprint density at radius 3 is 1.32 bits per heavy atom. The Labute approximate surface area is 446 Å². The summed E-state index contributed by atoms with van der Waals surface area (Å²) in [5.74, 6) is 0. The van der Waals surface area contributed by atoms with Crippen LogP contribution in [0.15, 0.2) is 250 Å². The van der Waals surface area contributed by atoms with Gasteiger partial charge in [-0.05, 0) is 146 Å². The van der Waals surface area contributed by atoms with Crippen molar-refractivity contribution in [3.8, 4) is 11.1 Å². The van der Waals surface area contributed by atoms with Gasteiger partial charge in [-0.1, -0.05) is 114 Å². The molecule has 0 unspecified atom stereocenters. The van der Waals surface area contributed by atoms with E-state index in [-0.39, 0.29) is 0 Å². The summed E-state index contributed by atoms with van der Waals surface area (Å²) in [7, 11) is 0. The minimum atomic E-state index is 0.827. The third-order valence-corrected chi connectivity index (χ3v) is 16.4. The van der Waals surface area contributed by atoms with E-state index in [0.717, 1.165) is 122 Å². The van der Waals surface area contributed by atoms with Gasteiger partial charge >= 0.3 is 0 Å². The average molecular weight is 1000 g/mol. The van der Waals surface area contributed by atoms with Gasteiger partial charge in [-0.2, -0.15) is 0 Å². The molecule has 17 aromatic rings. The Hall–Kier alpha value is -10.3. The second-order valence-electron chi connectivity index (χ2n) is 21.0. The highest BCUT2D eigenvalue weighted by Crippen LogP contribution is 2.49. The van der Waals surface area contributed by atoms with E-state index in [4.69, 9.17) is 13.3 Å². The summed E-state index contributed by atoms with van der Waals surface area (Å²) < 4.78 is 22.5. The molecule has 0 radical (unpaired) electrons. The molecule has 366 valence electrons. The number of hydrogen-bond donors (Lipinski definition) is 0. The zero-order chi connectivity index (χ0) is 51.3. The maximum atomic E-state index is 7.13. The lowest BCUT2D eigenvalue weighted by Crippen LogP contribution is -2.09. The Kier molecular flexibility index (Phi) is 8.88. The highest BCUT2D eigenvalue weighted by molar-refractivity contribution is 6.32. The molecule has 6 heteroatoms. The van der Waals surface area contributed by atoms with Gasteiger partial charge in [0.15, 0.2) is 0 Å². The summed E-state index contributed by atoms with van der Waals surface area (Å²) in [6.07, 6.45) is 0. The number of para-hydroxylation sites is 2. The van der Waals surface area contributed by atoms with Crippen LogP contribution in [0, 0.1) is 13.8 Å². The van der Waals surface area contributed by atoms with Gasteiger partial charge in [-0.15, -0.1) is 0 Å². The number of furan rings is 3. The molecule has 0 saturated heterocycles. The fourth-order valence-electron chi connectivity index (χ4n) is 12.7. The van der Waals surface area contributed by atoms with E-state index in [1.165, 1.54) is 49.3 Å². The fourth-order valence-corrected chi connectivity index (χ4v) is 12.7. The molecule has 0 saturated carbocycles. The quantitative estimate of drug-likeness (QED) is 0.159. The van der Waals surface area contributed by atoms with Crippen LogP contribution in [-0.2, 0) is 0 Å². The molecule has 0 fully saturated rings. The molecule has 0 aliphatic rings. The highest BCUT2D eigenvalue weighted by Gasteiger charge is 2.25. The van der Waals surface area contributed by atoms with Gasteiger partial charge in [0.25, 0.3) is 0 Å². The van der Waals surface area contributed by atoms with Gasteiger partial charge in [-0.25, -0.2) is 0 Å². The van der Waals surface area contributed by atoms with Crippen molar-refractivity contribution in [2.75, 3.05) is 9.80 Å². The first kappa shape index (κ1) is 43.0. The third-order valence-electron chi connectivity index (χ3n) is 16.4. The molecular formula is C72H45N3O3. The van der Waals surface area contributed by atoms with E-state index in [9.17, 15) is 0 Å². The van der Waals surface area contributed by atoms with E-state index < -0.39 is 0 Å². The van der Waals surface area contributed by atoms with Crippen LogP contribution in [-0.4, -0.2) is 4.40 Å². The van der Waals surface area contributed by atoms with Gasteiger partial charge in [0.2, 0.25) is 0 Å². The van der Waals surface area contributed by atoms with Crippen molar-refractivity contribution in [3.05, 3.63) is 248 Å². The van der Waals surface area contributed by atoms with Crippen LogP contribution in [0.1, 0.15) is 11.1 Å². The minimum Gasteiger partial charge on any atom is -0.456 e. The molecule has 17 rings (SSSR count). The van der Waals surface area contributed by atoms with Crippen molar-refractivity contribution in [2.45, 2.75) is 13.8 Å². The van der Waals surface area contributed by atoms with Crippen molar-refractivity contribution < 1.29 is 13.3 Å². The van der Waals surface area contributed by atoms with Crippen LogP contribution in [0.4, 0.5) is 34.1 Å². The average Bonchev–Trinajstić information content (AvgIpc) is 4.39. The number of aromatic nitrogens is 1. The standard InChI is InChI=1S/C72H45N3O3/c1-42-16-20-46(21-17-42)73(49-25-29-55-53-12-6-8-14-65(53)76-67(55)39-49)48-24-28-52-61-36-45(44-10-4-3-5-11-44)37-62-70-58-32-33-59-57-31-27-51(41-69(57)78-72(59)60(58)34-35-63(70)75(71(61)62)64(52)38-48)74(47-22-18-43(2)19-23-47)50-26-30-56-54-13-7-9-15-66(54)77-68(56)40-50/h3-41H,1-2H3. The van der Waals surface area contributed by atoms with Crippen LogP contribution in [0.2, 0.25) is 0 Å². The topological polar surface area (TPSA) is 50.3 Å². The lowest BCUT2D eigenvalue weighted by atomic mass is 9.96. The molecule has 78 heavy (non-hydrogen) atoms. The van der Waals surface area contributed by atoms with Crippen molar-refractivity contribution in [1.29, 1.82) is 0 Å². The molecule has 12 aromatic carbocycles. The SMILES string of the molecule is Cc1ccc(N(c2ccc3c(c2)oc2ccccc23)c2ccc3c(c2)oc2c3ccc3c2ccc2c3c3cc(-c4ccccc4)cc4c5ccc(N(c6ccc(C)cc6)c6ccc7c(c6)oc6ccccc67)cc5n2c43)cc1. The number of rotatable bonds is 7. The maximum Gasteiger partial charge on any atom is 0.143 e. The van der Waals surface area contributed by atoms with E-state index >= 15 is 0 Å². The fraction of sp³-hybridized carbons (Fsp3) is 0.0278. The van der Waals surface area contributed by atoms with E-state index in [2.05, 4.69) is 240 Å². The normalized spacial score (nSPS) is 12.2. The molecule has 0 aliphatic heterocycles. The van der Waals surface area contributed by atoms with Gasteiger partial charge in [-0.3, -0.25) is 0 Å². The zero-order valence-electron chi connectivity index (χ0n) is 42.6. The van der Waals surface area contributed by atoms with Gasteiger partial charge in [0, 0.05) is 112 Å². The number of fused-ring (bicyclic) bond motifs is 18. The summed E-state index contributed by atoms with van der Waals surface area (Å²) in [5, 5.41) is 13.7. The van der Waals surface area contributed by atoms with Gasteiger partial charge < -0.3 is 27.5 Å². The molecule has 0 aliphatic carbocycles. The van der Waals surface area contributed by atoms with E-state index in [1.54, 1.807) is 0 Å². The monoisotopic (exact) mass is 999 g/mol. The molecule has 0 atom stereocenters. The molecule has 0 amide bonds. The number of anilines is 6. The summed E-state index contributed by atoms with van der Waals surface area (Å²) >= 11 is 0. The Morgan fingerprint density at radius 1 is 0.282 bits per heavy atom.